The van der Waals surface area contributed by atoms with Crippen molar-refractivity contribution >= 4 is 0 Å². The lowest BCUT2D eigenvalue weighted by atomic mass is 9.77. The fourth-order valence-electron chi connectivity index (χ4n) is 2.98. The van der Waals surface area contributed by atoms with Crippen molar-refractivity contribution in [3.05, 3.63) is 0 Å². The molecule has 1 saturated carbocycles. The molecular weight excluding hydrogens is 200 g/mol. The molecule has 0 aromatic rings. The highest BCUT2D eigenvalue weighted by molar-refractivity contribution is 4.91. The van der Waals surface area contributed by atoms with Gasteiger partial charge in [0.1, 0.15) is 0 Å². The van der Waals surface area contributed by atoms with Crippen LogP contribution >= 0.6 is 0 Å². The SMILES string of the molecule is CCC(CC)CC(O)C1(OC)CCCCC1. The first-order chi connectivity index (χ1) is 7.68. The molecule has 0 amide bonds. The van der Waals surface area contributed by atoms with Gasteiger partial charge in [0.25, 0.3) is 0 Å². The molecule has 1 rings (SSSR count). The number of hydrogen-bond donors (Lipinski definition) is 1. The Labute approximate surface area is 100 Å². The third-order valence-corrected chi connectivity index (χ3v) is 4.43. The van der Waals surface area contributed by atoms with E-state index in [0.717, 1.165) is 32.1 Å². The van der Waals surface area contributed by atoms with Crippen molar-refractivity contribution < 1.29 is 9.84 Å². The number of aliphatic hydroxyl groups is 1. The van der Waals surface area contributed by atoms with Gasteiger partial charge >= 0.3 is 0 Å². The molecule has 0 radical (unpaired) electrons. The van der Waals surface area contributed by atoms with Gasteiger partial charge in [0.2, 0.25) is 0 Å². The molecule has 1 aliphatic carbocycles. The Bertz CT molecular complexity index is 181. The highest BCUT2D eigenvalue weighted by Gasteiger charge is 2.39. The lowest BCUT2D eigenvalue weighted by molar-refractivity contribution is -0.129. The summed E-state index contributed by atoms with van der Waals surface area (Å²) >= 11 is 0. The molecule has 0 bridgehead atoms. The van der Waals surface area contributed by atoms with Gasteiger partial charge in [0, 0.05) is 7.11 Å². The van der Waals surface area contributed by atoms with E-state index in [-0.39, 0.29) is 11.7 Å². The minimum atomic E-state index is -0.275. The highest BCUT2D eigenvalue weighted by atomic mass is 16.5. The lowest BCUT2D eigenvalue weighted by Crippen LogP contribution is -2.46. The second-order valence-corrected chi connectivity index (χ2v) is 5.26. The van der Waals surface area contributed by atoms with Gasteiger partial charge in [-0.25, -0.2) is 0 Å². The van der Waals surface area contributed by atoms with E-state index in [9.17, 15) is 5.11 Å². The van der Waals surface area contributed by atoms with Gasteiger partial charge < -0.3 is 9.84 Å². The molecule has 16 heavy (non-hydrogen) atoms. The molecule has 0 saturated heterocycles. The van der Waals surface area contributed by atoms with Gasteiger partial charge in [-0.15, -0.1) is 0 Å². The maximum atomic E-state index is 10.4. The summed E-state index contributed by atoms with van der Waals surface area (Å²) in [5, 5.41) is 10.4. The van der Waals surface area contributed by atoms with Gasteiger partial charge in [-0.05, 0) is 25.2 Å². The largest absolute Gasteiger partial charge is 0.390 e. The van der Waals surface area contributed by atoms with Crippen molar-refractivity contribution in [2.45, 2.75) is 76.9 Å². The Hall–Kier alpha value is -0.0800. The molecule has 0 heterocycles. The van der Waals surface area contributed by atoms with E-state index in [2.05, 4.69) is 13.8 Å². The van der Waals surface area contributed by atoms with Crippen molar-refractivity contribution in [2.24, 2.45) is 5.92 Å². The fraction of sp³-hybridized carbons (Fsp3) is 1.00. The van der Waals surface area contributed by atoms with Crippen LogP contribution in [0, 0.1) is 5.92 Å². The molecular formula is C14H28O2. The normalized spacial score (nSPS) is 22.3. The second-order valence-electron chi connectivity index (χ2n) is 5.26. The Morgan fingerprint density at radius 1 is 1.12 bits per heavy atom. The Morgan fingerprint density at radius 2 is 1.69 bits per heavy atom. The Balaban J connectivity index is 2.56. The highest BCUT2D eigenvalue weighted by Crippen LogP contribution is 2.36. The van der Waals surface area contributed by atoms with Gasteiger partial charge in [-0.2, -0.15) is 0 Å². The number of hydrogen-bond acceptors (Lipinski definition) is 2. The minimum Gasteiger partial charge on any atom is -0.390 e. The van der Waals surface area contributed by atoms with E-state index in [0.29, 0.717) is 5.92 Å². The number of ether oxygens (including phenoxy) is 1. The summed E-state index contributed by atoms with van der Waals surface area (Å²) in [6, 6.07) is 0. The quantitative estimate of drug-likeness (QED) is 0.753. The van der Waals surface area contributed by atoms with Crippen LogP contribution < -0.4 is 0 Å². The van der Waals surface area contributed by atoms with E-state index >= 15 is 0 Å². The predicted molar refractivity (Wildman–Crippen MR) is 67.5 cm³/mol. The zero-order valence-corrected chi connectivity index (χ0v) is 11.2. The first-order valence-electron chi connectivity index (χ1n) is 6.91. The molecule has 2 heteroatoms. The molecule has 0 aromatic heterocycles. The molecule has 1 atom stereocenters. The van der Waals surface area contributed by atoms with Crippen LogP contribution in [-0.2, 0) is 4.74 Å². The summed E-state index contributed by atoms with van der Waals surface area (Å²) in [6.07, 6.45) is 8.71. The topological polar surface area (TPSA) is 29.5 Å². The van der Waals surface area contributed by atoms with Crippen LogP contribution in [0.3, 0.4) is 0 Å². The van der Waals surface area contributed by atoms with Crippen LogP contribution in [-0.4, -0.2) is 23.9 Å². The standard InChI is InChI=1S/C14H28O2/c1-4-12(5-2)11-13(15)14(16-3)9-7-6-8-10-14/h12-13,15H,4-11H2,1-3H3. The van der Waals surface area contributed by atoms with Crippen LogP contribution in [0.25, 0.3) is 0 Å². The number of methoxy groups -OCH3 is 1. The van der Waals surface area contributed by atoms with Crippen LogP contribution in [0.2, 0.25) is 0 Å². The molecule has 2 nitrogen and oxygen atoms in total. The summed E-state index contributed by atoms with van der Waals surface area (Å²) in [5.74, 6) is 0.643. The van der Waals surface area contributed by atoms with Crippen molar-refractivity contribution in [2.75, 3.05) is 7.11 Å². The Morgan fingerprint density at radius 3 is 2.12 bits per heavy atom. The molecule has 1 N–H and O–H groups in total. The number of aliphatic hydroxyl groups excluding tert-OH is 1. The summed E-state index contributed by atoms with van der Waals surface area (Å²) < 4.78 is 5.68. The van der Waals surface area contributed by atoms with E-state index in [1.165, 1.54) is 19.3 Å². The minimum absolute atomic E-state index is 0.235. The fourth-order valence-corrected chi connectivity index (χ4v) is 2.98. The molecule has 0 aliphatic heterocycles. The van der Waals surface area contributed by atoms with Crippen molar-refractivity contribution in [3.8, 4) is 0 Å². The van der Waals surface area contributed by atoms with Crippen LogP contribution in [0.1, 0.15) is 65.2 Å². The third kappa shape index (κ3) is 3.21. The first-order valence-corrected chi connectivity index (χ1v) is 6.91. The van der Waals surface area contributed by atoms with Crippen molar-refractivity contribution in [1.82, 2.24) is 0 Å². The maximum Gasteiger partial charge on any atom is 0.0936 e. The van der Waals surface area contributed by atoms with Gasteiger partial charge in [-0.1, -0.05) is 46.0 Å². The zero-order chi connectivity index (χ0) is 12.0. The maximum absolute atomic E-state index is 10.4. The molecule has 0 spiro atoms. The molecule has 0 aromatic carbocycles. The van der Waals surface area contributed by atoms with E-state index < -0.39 is 0 Å². The molecule has 1 fully saturated rings. The second kappa shape index (κ2) is 6.61. The smallest absolute Gasteiger partial charge is 0.0936 e. The monoisotopic (exact) mass is 228 g/mol. The Kier molecular flexibility index (Phi) is 5.77. The van der Waals surface area contributed by atoms with Crippen molar-refractivity contribution in [3.63, 3.8) is 0 Å². The molecule has 1 unspecified atom stereocenters. The predicted octanol–water partition coefficient (Wildman–Crippen LogP) is 3.52. The van der Waals surface area contributed by atoms with Gasteiger partial charge in [0.15, 0.2) is 0 Å². The zero-order valence-electron chi connectivity index (χ0n) is 11.2. The van der Waals surface area contributed by atoms with E-state index in [1.807, 2.05) is 0 Å². The summed E-state index contributed by atoms with van der Waals surface area (Å²) in [4.78, 5) is 0. The lowest BCUT2D eigenvalue weighted by Gasteiger charge is -2.41. The van der Waals surface area contributed by atoms with Gasteiger partial charge in [-0.3, -0.25) is 0 Å². The number of rotatable bonds is 6. The van der Waals surface area contributed by atoms with Crippen molar-refractivity contribution in [1.29, 1.82) is 0 Å². The first kappa shape index (κ1) is 14.0. The average Bonchev–Trinajstić information content (AvgIpc) is 2.36. The van der Waals surface area contributed by atoms with E-state index in [4.69, 9.17) is 4.74 Å². The van der Waals surface area contributed by atoms with E-state index in [1.54, 1.807) is 7.11 Å². The van der Waals surface area contributed by atoms with Crippen LogP contribution in [0.5, 0.6) is 0 Å². The molecule has 96 valence electrons. The molecule has 1 aliphatic rings. The third-order valence-electron chi connectivity index (χ3n) is 4.43. The van der Waals surface area contributed by atoms with Crippen LogP contribution in [0.15, 0.2) is 0 Å². The van der Waals surface area contributed by atoms with Crippen LogP contribution in [0.4, 0.5) is 0 Å². The summed E-state index contributed by atoms with van der Waals surface area (Å²) in [5.41, 5.74) is -0.235. The van der Waals surface area contributed by atoms with Gasteiger partial charge in [0.05, 0.1) is 11.7 Å². The summed E-state index contributed by atoms with van der Waals surface area (Å²) in [7, 11) is 1.77. The average molecular weight is 228 g/mol. The summed E-state index contributed by atoms with van der Waals surface area (Å²) in [6.45, 7) is 4.42.